The fraction of sp³-hybridized carbons (Fsp3) is 0.828. The molecule has 3 saturated carbocycles. The van der Waals surface area contributed by atoms with Crippen molar-refractivity contribution in [2.75, 3.05) is 0 Å². The fourth-order valence-corrected chi connectivity index (χ4v) is 8.50. The molecule has 0 spiro atoms. The first-order chi connectivity index (χ1) is 14.7. The van der Waals surface area contributed by atoms with Crippen LogP contribution in [0, 0.1) is 46.3 Å². The van der Waals surface area contributed by atoms with Crippen LogP contribution < -0.4 is 0 Å². The van der Waals surface area contributed by atoms with Crippen LogP contribution in [0.5, 0.6) is 0 Å². The van der Waals surface area contributed by atoms with E-state index in [0.717, 1.165) is 36.5 Å². The van der Waals surface area contributed by atoms with E-state index in [0.29, 0.717) is 22.7 Å². The highest BCUT2D eigenvalue weighted by atomic mass is 16.5. The van der Waals surface area contributed by atoms with Gasteiger partial charge in [-0.1, -0.05) is 64.8 Å². The predicted octanol–water partition coefficient (Wildman–Crippen LogP) is 7.74. The van der Waals surface area contributed by atoms with Gasteiger partial charge in [0.15, 0.2) is 0 Å². The maximum Gasteiger partial charge on any atom is 0.302 e. The van der Waals surface area contributed by atoms with Gasteiger partial charge < -0.3 is 4.74 Å². The van der Waals surface area contributed by atoms with Crippen LogP contribution in [-0.4, -0.2) is 12.1 Å². The second-order valence-electron chi connectivity index (χ2n) is 12.1. The zero-order chi connectivity index (χ0) is 22.4. The summed E-state index contributed by atoms with van der Waals surface area (Å²) in [4.78, 5) is 11.5. The van der Waals surface area contributed by atoms with Gasteiger partial charge >= 0.3 is 5.97 Å². The van der Waals surface area contributed by atoms with Gasteiger partial charge in [-0.2, -0.15) is 0 Å². The lowest BCUT2D eigenvalue weighted by Crippen LogP contribution is -2.51. The van der Waals surface area contributed by atoms with Crippen LogP contribution >= 0.6 is 0 Å². The minimum absolute atomic E-state index is 0.108. The molecule has 3 fully saturated rings. The molecule has 9 unspecified atom stereocenters. The number of fused-ring (bicyclic) bond motifs is 5. The molecule has 31 heavy (non-hydrogen) atoms. The summed E-state index contributed by atoms with van der Waals surface area (Å²) in [5, 5.41) is 0. The molecule has 4 rings (SSSR count). The van der Waals surface area contributed by atoms with Crippen LogP contribution in [0.1, 0.15) is 99.3 Å². The van der Waals surface area contributed by atoms with Crippen LogP contribution in [0.3, 0.4) is 0 Å². The van der Waals surface area contributed by atoms with Gasteiger partial charge in [-0.25, -0.2) is 0 Å². The second-order valence-corrected chi connectivity index (χ2v) is 12.1. The van der Waals surface area contributed by atoms with Crippen molar-refractivity contribution in [1.82, 2.24) is 0 Å². The fourth-order valence-electron chi connectivity index (χ4n) is 8.50. The van der Waals surface area contributed by atoms with Crippen molar-refractivity contribution >= 4 is 5.97 Å². The summed E-state index contributed by atoms with van der Waals surface area (Å²) in [6, 6.07) is 0. The highest BCUT2D eigenvalue weighted by Gasteiger charge is 2.59. The first-order valence-corrected chi connectivity index (χ1v) is 13.2. The van der Waals surface area contributed by atoms with E-state index in [1.54, 1.807) is 12.5 Å². The molecule has 4 aliphatic carbocycles. The van der Waals surface area contributed by atoms with E-state index in [-0.39, 0.29) is 12.1 Å². The van der Waals surface area contributed by atoms with E-state index in [4.69, 9.17) is 4.74 Å². The molecule has 0 aromatic heterocycles. The SMILES string of the molecule is CCC(C)C=CC(C)C1CCC2C3CC=C4CC(OC(C)=O)CCC4(C)C3CCC12C. The van der Waals surface area contributed by atoms with E-state index in [2.05, 4.69) is 52.8 Å². The summed E-state index contributed by atoms with van der Waals surface area (Å²) in [5.74, 6) is 4.69. The number of allylic oxidation sites excluding steroid dienone is 3. The van der Waals surface area contributed by atoms with E-state index in [1.165, 1.54) is 44.9 Å². The van der Waals surface area contributed by atoms with Gasteiger partial charge in [0.05, 0.1) is 0 Å². The lowest BCUT2D eigenvalue weighted by Gasteiger charge is -2.58. The molecule has 4 aliphatic rings. The zero-order valence-corrected chi connectivity index (χ0v) is 21.0. The van der Waals surface area contributed by atoms with Crippen LogP contribution in [0.15, 0.2) is 23.8 Å². The Labute approximate surface area is 191 Å². The quantitative estimate of drug-likeness (QED) is 0.332. The summed E-state index contributed by atoms with van der Waals surface area (Å²) in [6.45, 7) is 13.9. The molecule has 0 aromatic rings. The molecule has 0 aliphatic heterocycles. The monoisotopic (exact) mass is 426 g/mol. The van der Waals surface area contributed by atoms with Gasteiger partial charge in [0.1, 0.15) is 6.10 Å². The van der Waals surface area contributed by atoms with Gasteiger partial charge in [0.25, 0.3) is 0 Å². The topological polar surface area (TPSA) is 26.3 Å². The van der Waals surface area contributed by atoms with Crippen molar-refractivity contribution in [1.29, 1.82) is 0 Å². The van der Waals surface area contributed by atoms with Gasteiger partial charge in [-0.3, -0.25) is 4.79 Å². The summed E-state index contributed by atoms with van der Waals surface area (Å²) < 4.78 is 5.61. The van der Waals surface area contributed by atoms with E-state index in [1.807, 2.05) is 0 Å². The lowest BCUT2D eigenvalue weighted by molar-refractivity contribution is -0.148. The number of hydrogen-bond donors (Lipinski definition) is 0. The van der Waals surface area contributed by atoms with Gasteiger partial charge in [-0.05, 0) is 91.3 Å². The summed E-state index contributed by atoms with van der Waals surface area (Å²) in [6.07, 6.45) is 19.1. The smallest absolute Gasteiger partial charge is 0.302 e. The first-order valence-electron chi connectivity index (χ1n) is 13.2. The molecule has 9 atom stereocenters. The van der Waals surface area contributed by atoms with Crippen molar-refractivity contribution in [3.63, 3.8) is 0 Å². The third kappa shape index (κ3) is 4.06. The third-order valence-corrected chi connectivity index (χ3v) is 10.5. The molecule has 0 radical (unpaired) electrons. The maximum atomic E-state index is 11.5. The number of hydrogen-bond acceptors (Lipinski definition) is 2. The van der Waals surface area contributed by atoms with Crippen molar-refractivity contribution in [3.05, 3.63) is 23.8 Å². The molecule has 0 bridgehead atoms. The Hall–Kier alpha value is -1.05. The van der Waals surface area contributed by atoms with Crippen LogP contribution in [0.2, 0.25) is 0 Å². The zero-order valence-electron chi connectivity index (χ0n) is 21.0. The Morgan fingerprint density at radius 1 is 1.13 bits per heavy atom. The standard InChI is InChI=1S/C29H46O2/c1-7-19(2)8-9-20(3)25-12-13-26-24-11-10-22-18-23(31-21(4)30)14-16-28(22,5)27(24)15-17-29(25,26)6/h8-10,19-20,23-27H,7,11-18H2,1-6H3. The summed E-state index contributed by atoms with van der Waals surface area (Å²) >= 11 is 0. The van der Waals surface area contributed by atoms with Crippen LogP contribution in [-0.2, 0) is 9.53 Å². The molecular weight excluding hydrogens is 380 g/mol. The highest BCUT2D eigenvalue weighted by molar-refractivity contribution is 5.66. The number of carbonyl (C=O) groups is 1. The van der Waals surface area contributed by atoms with E-state index in [9.17, 15) is 4.79 Å². The molecule has 0 saturated heterocycles. The van der Waals surface area contributed by atoms with E-state index >= 15 is 0 Å². The Balaban J connectivity index is 1.51. The largest absolute Gasteiger partial charge is 0.462 e. The van der Waals surface area contributed by atoms with Crippen LogP contribution in [0.4, 0.5) is 0 Å². The Bertz CT molecular complexity index is 735. The minimum atomic E-state index is -0.121. The first kappa shape index (κ1) is 23.1. The average Bonchev–Trinajstić information content (AvgIpc) is 3.09. The second kappa shape index (κ2) is 8.71. The molecule has 0 amide bonds. The molecule has 174 valence electrons. The number of esters is 1. The van der Waals surface area contributed by atoms with E-state index < -0.39 is 0 Å². The Morgan fingerprint density at radius 3 is 2.61 bits per heavy atom. The normalized spacial score (nSPS) is 44.1. The Kier molecular flexibility index (Phi) is 6.50. The predicted molar refractivity (Wildman–Crippen MR) is 129 cm³/mol. The molecule has 0 heterocycles. The van der Waals surface area contributed by atoms with Crippen molar-refractivity contribution in [2.45, 2.75) is 105 Å². The van der Waals surface area contributed by atoms with Crippen molar-refractivity contribution in [2.24, 2.45) is 46.3 Å². The number of carbonyl (C=O) groups excluding carboxylic acids is 1. The van der Waals surface area contributed by atoms with Crippen LogP contribution in [0.25, 0.3) is 0 Å². The molecule has 0 aromatic carbocycles. The average molecular weight is 427 g/mol. The lowest BCUT2D eigenvalue weighted by atomic mass is 9.47. The molecule has 2 nitrogen and oxygen atoms in total. The molecule has 2 heteroatoms. The highest BCUT2D eigenvalue weighted by Crippen LogP contribution is 2.67. The van der Waals surface area contributed by atoms with Crippen molar-refractivity contribution in [3.8, 4) is 0 Å². The maximum absolute atomic E-state index is 11.5. The molecule has 0 N–H and O–H groups in total. The van der Waals surface area contributed by atoms with Gasteiger partial charge in [0, 0.05) is 13.3 Å². The summed E-state index contributed by atoms with van der Waals surface area (Å²) in [5.41, 5.74) is 2.45. The Morgan fingerprint density at radius 2 is 1.90 bits per heavy atom. The minimum Gasteiger partial charge on any atom is -0.462 e. The number of ether oxygens (including phenoxy) is 1. The van der Waals surface area contributed by atoms with Crippen molar-refractivity contribution < 1.29 is 9.53 Å². The van der Waals surface area contributed by atoms with Gasteiger partial charge in [-0.15, -0.1) is 0 Å². The van der Waals surface area contributed by atoms with Gasteiger partial charge in [0.2, 0.25) is 0 Å². The third-order valence-electron chi connectivity index (χ3n) is 10.5. The number of rotatable bonds is 5. The summed E-state index contributed by atoms with van der Waals surface area (Å²) in [7, 11) is 0. The molecular formula is C29H46O2.